The summed E-state index contributed by atoms with van der Waals surface area (Å²) < 4.78 is 23.2. The van der Waals surface area contributed by atoms with Crippen molar-refractivity contribution in [3.05, 3.63) is 29.6 Å². The van der Waals surface area contributed by atoms with Crippen LogP contribution in [0.4, 0.5) is 10.1 Å². The topological polar surface area (TPSA) is 78.6 Å². The van der Waals surface area contributed by atoms with Gasteiger partial charge in [-0.05, 0) is 31.5 Å². The number of ether oxygens (including phenoxy) is 2. The summed E-state index contributed by atoms with van der Waals surface area (Å²) in [5.74, 6) is -2.09. The molecule has 0 fully saturated rings. The molecule has 0 amide bonds. The molecule has 0 spiro atoms. The lowest BCUT2D eigenvalue weighted by molar-refractivity contribution is -0.153. The lowest BCUT2D eigenvalue weighted by Gasteiger charge is -2.15. The SMILES string of the molecule is CCCC(OC(=O)c1ccc(N)c(F)c1)C(=O)OCC. The third kappa shape index (κ3) is 4.22. The third-order valence-electron chi connectivity index (χ3n) is 2.59. The summed E-state index contributed by atoms with van der Waals surface area (Å²) in [6, 6.07) is 3.59. The number of hydrogen-bond donors (Lipinski definition) is 1. The second kappa shape index (κ2) is 7.47. The van der Waals surface area contributed by atoms with Gasteiger partial charge in [0.05, 0.1) is 17.9 Å². The quantitative estimate of drug-likeness (QED) is 0.640. The van der Waals surface area contributed by atoms with Gasteiger partial charge in [-0.2, -0.15) is 0 Å². The van der Waals surface area contributed by atoms with E-state index in [1.807, 2.05) is 6.92 Å². The first kappa shape index (κ1) is 15.9. The van der Waals surface area contributed by atoms with Crippen LogP contribution in [0.1, 0.15) is 37.0 Å². The first-order valence-corrected chi connectivity index (χ1v) is 6.42. The van der Waals surface area contributed by atoms with E-state index in [0.717, 1.165) is 6.07 Å². The highest BCUT2D eigenvalue weighted by Crippen LogP contribution is 2.15. The number of hydrogen-bond acceptors (Lipinski definition) is 5. The average molecular weight is 283 g/mol. The number of nitrogens with two attached hydrogens (primary N) is 1. The molecule has 1 aromatic carbocycles. The fraction of sp³-hybridized carbons (Fsp3) is 0.429. The van der Waals surface area contributed by atoms with Crippen LogP contribution in [-0.4, -0.2) is 24.6 Å². The number of carbonyl (C=O) groups excluding carboxylic acids is 2. The van der Waals surface area contributed by atoms with Gasteiger partial charge in [0.25, 0.3) is 0 Å². The summed E-state index contributed by atoms with van der Waals surface area (Å²) in [7, 11) is 0. The van der Waals surface area contributed by atoms with E-state index in [1.165, 1.54) is 12.1 Å². The van der Waals surface area contributed by atoms with Crippen LogP contribution in [0.5, 0.6) is 0 Å². The minimum atomic E-state index is -0.979. The third-order valence-corrected chi connectivity index (χ3v) is 2.59. The fourth-order valence-corrected chi connectivity index (χ4v) is 1.57. The molecule has 0 bridgehead atoms. The Bertz CT molecular complexity index is 490. The van der Waals surface area contributed by atoms with Crippen LogP contribution >= 0.6 is 0 Å². The van der Waals surface area contributed by atoms with E-state index in [9.17, 15) is 14.0 Å². The maximum atomic E-state index is 13.3. The number of nitrogen functional groups attached to an aromatic ring is 1. The summed E-state index contributed by atoms with van der Waals surface area (Å²) >= 11 is 0. The molecule has 20 heavy (non-hydrogen) atoms. The van der Waals surface area contributed by atoms with Crippen LogP contribution in [-0.2, 0) is 14.3 Å². The van der Waals surface area contributed by atoms with Gasteiger partial charge in [-0.1, -0.05) is 13.3 Å². The highest BCUT2D eigenvalue weighted by atomic mass is 19.1. The second-order valence-electron chi connectivity index (χ2n) is 4.17. The Morgan fingerprint density at radius 3 is 2.60 bits per heavy atom. The minimum Gasteiger partial charge on any atom is -0.463 e. The Hall–Kier alpha value is -2.11. The summed E-state index contributed by atoms with van der Waals surface area (Å²) in [5, 5.41) is 0. The molecule has 2 N–H and O–H groups in total. The van der Waals surface area contributed by atoms with Gasteiger partial charge in [0.1, 0.15) is 5.82 Å². The van der Waals surface area contributed by atoms with Crippen molar-refractivity contribution in [3.8, 4) is 0 Å². The molecule has 5 nitrogen and oxygen atoms in total. The van der Waals surface area contributed by atoms with Crippen LogP contribution in [0.15, 0.2) is 18.2 Å². The van der Waals surface area contributed by atoms with Crippen molar-refractivity contribution in [2.75, 3.05) is 12.3 Å². The summed E-state index contributed by atoms with van der Waals surface area (Å²) in [5.41, 5.74) is 5.27. The number of halogens is 1. The zero-order chi connectivity index (χ0) is 15.1. The molecule has 0 aliphatic heterocycles. The lowest BCUT2D eigenvalue weighted by atomic mass is 10.2. The van der Waals surface area contributed by atoms with E-state index in [-0.39, 0.29) is 17.9 Å². The molecule has 0 aliphatic rings. The van der Waals surface area contributed by atoms with Crippen molar-refractivity contribution in [2.45, 2.75) is 32.8 Å². The smallest absolute Gasteiger partial charge is 0.347 e. The van der Waals surface area contributed by atoms with E-state index in [0.29, 0.717) is 12.8 Å². The van der Waals surface area contributed by atoms with Gasteiger partial charge in [-0.25, -0.2) is 14.0 Å². The van der Waals surface area contributed by atoms with E-state index in [1.54, 1.807) is 6.92 Å². The molecule has 0 aliphatic carbocycles. The minimum absolute atomic E-state index is 0.00195. The monoisotopic (exact) mass is 283 g/mol. The standard InChI is InChI=1S/C14H18FNO4/c1-3-5-12(14(18)19-4-2)20-13(17)9-6-7-11(16)10(15)8-9/h6-8,12H,3-5,16H2,1-2H3. The molecule has 110 valence electrons. The average Bonchev–Trinajstić information content (AvgIpc) is 2.41. The van der Waals surface area contributed by atoms with Gasteiger partial charge in [-0.3, -0.25) is 0 Å². The molecule has 6 heteroatoms. The fourth-order valence-electron chi connectivity index (χ4n) is 1.57. The molecule has 0 saturated heterocycles. The maximum Gasteiger partial charge on any atom is 0.347 e. The summed E-state index contributed by atoms with van der Waals surface area (Å²) in [6.07, 6.45) is 0.0163. The molecule has 1 aromatic rings. The zero-order valence-corrected chi connectivity index (χ0v) is 11.5. The van der Waals surface area contributed by atoms with Crippen LogP contribution < -0.4 is 5.73 Å². The normalized spacial score (nSPS) is 11.8. The molecule has 0 heterocycles. The second-order valence-corrected chi connectivity index (χ2v) is 4.17. The molecule has 0 aromatic heterocycles. The van der Waals surface area contributed by atoms with Crippen LogP contribution in [0, 0.1) is 5.82 Å². The number of carbonyl (C=O) groups is 2. The Balaban J connectivity index is 2.79. The summed E-state index contributed by atoms with van der Waals surface area (Å²) in [6.45, 7) is 3.72. The van der Waals surface area contributed by atoms with Crippen molar-refractivity contribution in [1.29, 1.82) is 0 Å². The Kier molecular flexibility index (Phi) is 5.96. The van der Waals surface area contributed by atoms with Crippen LogP contribution in [0.3, 0.4) is 0 Å². The van der Waals surface area contributed by atoms with Crippen LogP contribution in [0.2, 0.25) is 0 Å². The van der Waals surface area contributed by atoms with E-state index < -0.39 is 23.9 Å². The number of esters is 2. The number of rotatable bonds is 6. The summed E-state index contributed by atoms with van der Waals surface area (Å²) in [4.78, 5) is 23.5. The van der Waals surface area contributed by atoms with E-state index >= 15 is 0 Å². The molecule has 1 atom stereocenters. The highest BCUT2D eigenvalue weighted by molar-refractivity contribution is 5.91. The Morgan fingerprint density at radius 1 is 1.35 bits per heavy atom. The molecule has 1 rings (SSSR count). The van der Waals surface area contributed by atoms with Crippen molar-refractivity contribution in [3.63, 3.8) is 0 Å². The van der Waals surface area contributed by atoms with Crippen molar-refractivity contribution < 1.29 is 23.5 Å². The zero-order valence-electron chi connectivity index (χ0n) is 11.5. The van der Waals surface area contributed by atoms with Gasteiger partial charge < -0.3 is 15.2 Å². The van der Waals surface area contributed by atoms with Gasteiger partial charge >= 0.3 is 11.9 Å². The number of anilines is 1. The van der Waals surface area contributed by atoms with Gasteiger partial charge in [0.15, 0.2) is 6.10 Å². The lowest BCUT2D eigenvalue weighted by Crippen LogP contribution is -2.29. The van der Waals surface area contributed by atoms with E-state index in [2.05, 4.69) is 0 Å². The predicted octanol–water partition coefficient (Wildman–Crippen LogP) is 2.30. The van der Waals surface area contributed by atoms with Gasteiger partial charge in [-0.15, -0.1) is 0 Å². The van der Waals surface area contributed by atoms with Crippen LogP contribution in [0.25, 0.3) is 0 Å². The van der Waals surface area contributed by atoms with Gasteiger partial charge in [0.2, 0.25) is 0 Å². The highest BCUT2D eigenvalue weighted by Gasteiger charge is 2.24. The van der Waals surface area contributed by atoms with Crippen molar-refractivity contribution >= 4 is 17.6 Å². The Morgan fingerprint density at radius 2 is 2.05 bits per heavy atom. The molecule has 1 unspecified atom stereocenters. The maximum absolute atomic E-state index is 13.3. The first-order chi connectivity index (χ1) is 9.49. The first-order valence-electron chi connectivity index (χ1n) is 6.42. The van der Waals surface area contributed by atoms with Crippen molar-refractivity contribution in [2.24, 2.45) is 0 Å². The van der Waals surface area contributed by atoms with Crippen molar-refractivity contribution in [1.82, 2.24) is 0 Å². The van der Waals surface area contributed by atoms with E-state index in [4.69, 9.17) is 15.2 Å². The molecular formula is C14H18FNO4. The molecule has 0 radical (unpaired) electrons. The van der Waals surface area contributed by atoms with Gasteiger partial charge in [0, 0.05) is 0 Å². The molecule has 0 saturated carbocycles. The Labute approximate surface area is 116 Å². The predicted molar refractivity (Wildman–Crippen MR) is 71.6 cm³/mol. The number of benzene rings is 1. The molecular weight excluding hydrogens is 265 g/mol. The largest absolute Gasteiger partial charge is 0.463 e.